The van der Waals surface area contributed by atoms with Crippen LogP contribution in [0.5, 0.6) is 0 Å². The Morgan fingerprint density at radius 1 is 0.808 bits per heavy atom. The second-order valence-electron chi connectivity index (χ2n) is 8.06. The maximum atomic E-state index is 3.56. The molecule has 0 aromatic heterocycles. The first kappa shape index (κ1) is 18.9. The molecule has 4 nitrogen and oxygen atoms in total. The molecule has 2 unspecified atom stereocenters. The molecule has 3 heterocycles. The standard InChI is InChI=1S/C21H33BrN4/c1-2-9-23-10-3-11-24-14-15-25-12-4-13-26(21(25)20(23)24)17-19-7-5-18(16-22)6-8-19/h5-8,20-21H,2-4,9-17H2,1H3. The third-order valence-electron chi connectivity index (χ3n) is 6.29. The molecule has 0 amide bonds. The summed E-state index contributed by atoms with van der Waals surface area (Å²) in [7, 11) is 0. The van der Waals surface area contributed by atoms with E-state index in [0.29, 0.717) is 12.3 Å². The summed E-state index contributed by atoms with van der Waals surface area (Å²) in [6, 6.07) is 9.17. The van der Waals surface area contributed by atoms with Gasteiger partial charge in [-0.05, 0) is 36.9 Å². The molecule has 0 saturated carbocycles. The van der Waals surface area contributed by atoms with Crippen molar-refractivity contribution >= 4 is 15.9 Å². The summed E-state index contributed by atoms with van der Waals surface area (Å²) in [5, 5.41) is 0.941. The fourth-order valence-electron chi connectivity index (χ4n) is 5.12. The maximum Gasteiger partial charge on any atom is 0.0924 e. The van der Waals surface area contributed by atoms with Crippen molar-refractivity contribution < 1.29 is 0 Å². The normalized spacial score (nSPS) is 28.7. The van der Waals surface area contributed by atoms with Crippen LogP contribution in [0.1, 0.15) is 37.3 Å². The van der Waals surface area contributed by atoms with Gasteiger partial charge in [0.25, 0.3) is 0 Å². The molecular formula is C21H33BrN4. The van der Waals surface area contributed by atoms with Gasteiger partial charge < -0.3 is 0 Å². The van der Waals surface area contributed by atoms with Gasteiger partial charge in [-0.1, -0.05) is 47.1 Å². The number of alkyl halides is 1. The van der Waals surface area contributed by atoms with Crippen molar-refractivity contribution in [3.63, 3.8) is 0 Å². The predicted octanol–water partition coefficient (Wildman–Crippen LogP) is 3.17. The Balaban J connectivity index is 1.55. The quantitative estimate of drug-likeness (QED) is 0.678. The average molecular weight is 421 g/mol. The number of fused-ring (bicyclic) bond motifs is 3. The van der Waals surface area contributed by atoms with E-state index in [1.165, 1.54) is 76.2 Å². The molecule has 3 fully saturated rings. The van der Waals surface area contributed by atoms with Crippen LogP contribution in [0.15, 0.2) is 24.3 Å². The lowest BCUT2D eigenvalue weighted by Crippen LogP contribution is -2.73. The van der Waals surface area contributed by atoms with Gasteiger partial charge in [-0.15, -0.1) is 0 Å². The summed E-state index contributed by atoms with van der Waals surface area (Å²) in [5.41, 5.74) is 2.81. The second-order valence-corrected chi connectivity index (χ2v) is 8.62. The van der Waals surface area contributed by atoms with Gasteiger partial charge in [-0.25, -0.2) is 0 Å². The SMILES string of the molecule is CCCN1CCCN2CCN3CCCN(Cc4ccc(CBr)cc4)C3C12. The molecule has 3 aliphatic rings. The summed E-state index contributed by atoms with van der Waals surface area (Å²) in [5.74, 6) is 0. The smallest absolute Gasteiger partial charge is 0.0924 e. The Hall–Kier alpha value is -0.460. The molecule has 2 atom stereocenters. The van der Waals surface area contributed by atoms with E-state index < -0.39 is 0 Å². The Labute approximate surface area is 167 Å². The minimum atomic E-state index is 0.556. The first-order chi connectivity index (χ1) is 12.8. The maximum absolute atomic E-state index is 3.56. The van der Waals surface area contributed by atoms with Gasteiger partial charge in [-0.2, -0.15) is 0 Å². The van der Waals surface area contributed by atoms with Crippen LogP contribution >= 0.6 is 15.9 Å². The van der Waals surface area contributed by atoms with Crippen molar-refractivity contribution in [3.8, 4) is 0 Å². The highest BCUT2D eigenvalue weighted by Gasteiger charge is 2.45. The average Bonchev–Trinajstić information content (AvgIpc) is 2.69. The highest BCUT2D eigenvalue weighted by atomic mass is 79.9. The van der Waals surface area contributed by atoms with E-state index in [1.54, 1.807) is 0 Å². The van der Waals surface area contributed by atoms with E-state index in [4.69, 9.17) is 0 Å². The van der Waals surface area contributed by atoms with Crippen LogP contribution in [0, 0.1) is 0 Å². The molecule has 3 saturated heterocycles. The molecule has 0 radical (unpaired) electrons. The molecule has 1 aromatic carbocycles. The minimum absolute atomic E-state index is 0.556. The van der Waals surface area contributed by atoms with Gasteiger partial charge in [0.1, 0.15) is 0 Å². The zero-order valence-corrected chi connectivity index (χ0v) is 17.7. The summed E-state index contributed by atoms with van der Waals surface area (Å²) in [6.45, 7) is 12.2. The molecule has 1 aromatic rings. The lowest BCUT2D eigenvalue weighted by molar-refractivity contribution is -0.155. The summed E-state index contributed by atoms with van der Waals surface area (Å²) < 4.78 is 0. The van der Waals surface area contributed by atoms with Crippen molar-refractivity contribution in [2.24, 2.45) is 0 Å². The molecule has 0 N–H and O–H groups in total. The zero-order chi connectivity index (χ0) is 17.9. The van der Waals surface area contributed by atoms with Gasteiger partial charge in [0, 0.05) is 51.1 Å². The van der Waals surface area contributed by atoms with Gasteiger partial charge in [0.15, 0.2) is 0 Å². The van der Waals surface area contributed by atoms with Crippen LogP contribution in [0.2, 0.25) is 0 Å². The lowest BCUT2D eigenvalue weighted by Gasteiger charge is -2.58. The number of benzene rings is 1. The predicted molar refractivity (Wildman–Crippen MR) is 111 cm³/mol. The zero-order valence-electron chi connectivity index (χ0n) is 16.1. The molecule has 5 heteroatoms. The van der Waals surface area contributed by atoms with Crippen LogP contribution in [0.4, 0.5) is 0 Å². The number of halogens is 1. The van der Waals surface area contributed by atoms with E-state index in [9.17, 15) is 0 Å². The molecule has 26 heavy (non-hydrogen) atoms. The first-order valence-electron chi connectivity index (χ1n) is 10.4. The lowest BCUT2D eigenvalue weighted by atomic mass is 10.0. The van der Waals surface area contributed by atoms with Crippen LogP contribution in [-0.2, 0) is 11.9 Å². The third-order valence-corrected chi connectivity index (χ3v) is 6.94. The highest BCUT2D eigenvalue weighted by Crippen LogP contribution is 2.30. The van der Waals surface area contributed by atoms with Crippen LogP contribution < -0.4 is 0 Å². The van der Waals surface area contributed by atoms with E-state index in [2.05, 4.69) is 66.7 Å². The third kappa shape index (κ3) is 3.88. The second kappa shape index (κ2) is 8.70. The topological polar surface area (TPSA) is 13.0 Å². The number of nitrogens with zero attached hydrogens (tertiary/aromatic N) is 4. The fraction of sp³-hybridized carbons (Fsp3) is 0.714. The Bertz CT molecular complexity index is 576. The molecule has 0 bridgehead atoms. The van der Waals surface area contributed by atoms with Gasteiger partial charge in [0.2, 0.25) is 0 Å². The van der Waals surface area contributed by atoms with Crippen LogP contribution in [0.25, 0.3) is 0 Å². The van der Waals surface area contributed by atoms with Gasteiger partial charge in [0.05, 0.1) is 12.3 Å². The Morgan fingerprint density at radius 3 is 2.00 bits per heavy atom. The summed E-state index contributed by atoms with van der Waals surface area (Å²) in [6.07, 6.45) is 5.03. The fourth-order valence-corrected chi connectivity index (χ4v) is 5.49. The first-order valence-corrected chi connectivity index (χ1v) is 11.5. The monoisotopic (exact) mass is 420 g/mol. The van der Waals surface area contributed by atoms with Crippen molar-refractivity contribution in [2.45, 2.75) is 50.4 Å². The number of piperazine rings is 1. The Morgan fingerprint density at radius 2 is 1.38 bits per heavy atom. The molecular weight excluding hydrogens is 388 g/mol. The Kier molecular flexibility index (Phi) is 6.32. The number of hydrogen-bond donors (Lipinski definition) is 0. The molecule has 0 spiro atoms. The molecule has 4 rings (SSSR count). The van der Waals surface area contributed by atoms with E-state index in [1.807, 2.05) is 0 Å². The van der Waals surface area contributed by atoms with E-state index in [0.717, 1.165) is 11.9 Å². The molecule has 3 aliphatic heterocycles. The number of hydrogen-bond acceptors (Lipinski definition) is 4. The molecule has 0 aliphatic carbocycles. The van der Waals surface area contributed by atoms with Gasteiger partial charge in [-0.3, -0.25) is 19.6 Å². The molecule has 144 valence electrons. The number of rotatable bonds is 5. The van der Waals surface area contributed by atoms with Crippen molar-refractivity contribution in [3.05, 3.63) is 35.4 Å². The largest absolute Gasteiger partial charge is 0.285 e. The van der Waals surface area contributed by atoms with Crippen molar-refractivity contribution in [1.82, 2.24) is 19.6 Å². The van der Waals surface area contributed by atoms with Crippen molar-refractivity contribution in [1.29, 1.82) is 0 Å². The van der Waals surface area contributed by atoms with Crippen LogP contribution in [-0.4, -0.2) is 77.7 Å². The minimum Gasteiger partial charge on any atom is -0.285 e. The van der Waals surface area contributed by atoms with Crippen molar-refractivity contribution in [2.75, 3.05) is 45.8 Å². The van der Waals surface area contributed by atoms with E-state index >= 15 is 0 Å². The summed E-state index contributed by atoms with van der Waals surface area (Å²) in [4.78, 5) is 11.1. The summed E-state index contributed by atoms with van der Waals surface area (Å²) >= 11 is 3.56. The van der Waals surface area contributed by atoms with Gasteiger partial charge >= 0.3 is 0 Å². The highest BCUT2D eigenvalue weighted by molar-refractivity contribution is 9.08. The van der Waals surface area contributed by atoms with E-state index in [-0.39, 0.29) is 0 Å². The van der Waals surface area contributed by atoms with Crippen LogP contribution in [0.3, 0.4) is 0 Å².